The number of hydrogen-bond acceptors (Lipinski definition) is 2. The quantitative estimate of drug-likeness (QED) is 0.865. The molecule has 1 saturated heterocycles. The fourth-order valence-electron chi connectivity index (χ4n) is 3.93. The standard InChI is InChI=1S/C19H30N2/c1-19(2)12-6-5-11-18(19)20-17-10-4-3-9-16(17)15-21-13-7-8-14-21/h3-4,9-10,18,20H,5-8,11-15H2,1-2H3. The number of para-hydroxylation sites is 1. The number of anilines is 1. The lowest BCUT2D eigenvalue weighted by Crippen LogP contribution is -2.39. The summed E-state index contributed by atoms with van der Waals surface area (Å²) in [5, 5.41) is 3.89. The van der Waals surface area contributed by atoms with Crippen LogP contribution in [0.2, 0.25) is 0 Å². The Labute approximate surface area is 129 Å². The van der Waals surface area contributed by atoms with Gasteiger partial charge in [-0.25, -0.2) is 0 Å². The molecule has 0 bridgehead atoms. The van der Waals surface area contributed by atoms with E-state index in [4.69, 9.17) is 0 Å². The molecule has 1 unspecified atom stereocenters. The number of nitrogens with zero attached hydrogens (tertiary/aromatic N) is 1. The van der Waals surface area contributed by atoms with Crippen LogP contribution >= 0.6 is 0 Å². The van der Waals surface area contributed by atoms with Gasteiger partial charge in [0.25, 0.3) is 0 Å². The second-order valence-corrected chi connectivity index (χ2v) is 7.57. The first kappa shape index (κ1) is 14.9. The van der Waals surface area contributed by atoms with E-state index in [-0.39, 0.29) is 0 Å². The molecule has 21 heavy (non-hydrogen) atoms. The molecule has 2 nitrogen and oxygen atoms in total. The van der Waals surface area contributed by atoms with Crippen LogP contribution in [-0.2, 0) is 6.54 Å². The number of hydrogen-bond donors (Lipinski definition) is 1. The molecular weight excluding hydrogens is 256 g/mol. The average molecular weight is 286 g/mol. The molecule has 0 radical (unpaired) electrons. The fraction of sp³-hybridized carbons (Fsp3) is 0.684. The highest BCUT2D eigenvalue weighted by molar-refractivity contribution is 5.52. The normalized spacial score (nSPS) is 25.9. The second-order valence-electron chi connectivity index (χ2n) is 7.57. The third kappa shape index (κ3) is 3.60. The van der Waals surface area contributed by atoms with E-state index < -0.39 is 0 Å². The molecule has 0 amide bonds. The van der Waals surface area contributed by atoms with E-state index in [9.17, 15) is 0 Å². The van der Waals surface area contributed by atoms with Gasteiger partial charge >= 0.3 is 0 Å². The van der Waals surface area contributed by atoms with E-state index in [0.29, 0.717) is 11.5 Å². The molecule has 2 heteroatoms. The largest absolute Gasteiger partial charge is 0.382 e. The van der Waals surface area contributed by atoms with Gasteiger partial charge in [-0.1, -0.05) is 44.9 Å². The van der Waals surface area contributed by atoms with Crippen molar-refractivity contribution >= 4 is 5.69 Å². The zero-order valence-electron chi connectivity index (χ0n) is 13.7. The Balaban J connectivity index is 1.72. The first-order valence-corrected chi connectivity index (χ1v) is 8.72. The molecule has 1 aliphatic heterocycles. The van der Waals surface area contributed by atoms with Gasteiger partial charge in [0.1, 0.15) is 0 Å². The molecule has 0 aromatic heterocycles. The number of rotatable bonds is 4. The van der Waals surface area contributed by atoms with Crippen molar-refractivity contribution in [3.05, 3.63) is 29.8 Å². The van der Waals surface area contributed by atoms with E-state index in [1.54, 1.807) is 0 Å². The maximum absolute atomic E-state index is 3.89. The Morgan fingerprint density at radius 3 is 2.62 bits per heavy atom. The Morgan fingerprint density at radius 1 is 1.10 bits per heavy atom. The van der Waals surface area contributed by atoms with Crippen molar-refractivity contribution < 1.29 is 0 Å². The minimum absolute atomic E-state index is 0.416. The summed E-state index contributed by atoms with van der Waals surface area (Å²) in [4.78, 5) is 2.59. The average Bonchev–Trinajstić information content (AvgIpc) is 2.96. The Kier molecular flexibility index (Phi) is 4.54. The van der Waals surface area contributed by atoms with E-state index in [1.165, 1.54) is 62.9 Å². The summed E-state index contributed by atoms with van der Waals surface area (Å²) < 4.78 is 0. The first-order chi connectivity index (χ1) is 10.1. The van der Waals surface area contributed by atoms with Crippen LogP contribution in [-0.4, -0.2) is 24.0 Å². The maximum Gasteiger partial charge on any atom is 0.0388 e. The molecule has 1 heterocycles. The summed E-state index contributed by atoms with van der Waals surface area (Å²) in [7, 11) is 0. The molecular formula is C19H30N2. The highest BCUT2D eigenvalue weighted by Gasteiger charge is 2.32. The SMILES string of the molecule is CC1(C)CCCCC1Nc1ccccc1CN1CCCC1. The number of likely N-dealkylation sites (tertiary alicyclic amines) is 1. The summed E-state index contributed by atoms with van der Waals surface area (Å²) in [5.74, 6) is 0. The molecule has 2 fully saturated rings. The van der Waals surface area contributed by atoms with Gasteiger partial charge in [-0.2, -0.15) is 0 Å². The monoisotopic (exact) mass is 286 g/mol. The van der Waals surface area contributed by atoms with E-state index in [1.807, 2.05) is 0 Å². The van der Waals surface area contributed by atoms with Crippen LogP contribution in [0, 0.1) is 5.41 Å². The fourth-order valence-corrected chi connectivity index (χ4v) is 3.93. The van der Waals surface area contributed by atoms with Crippen LogP contribution in [0.3, 0.4) is 0 Å². The van der Waals surface area contributed by atoms with Crippen LogP contribution in [0.15, 0.2) is 24.3 Å². The van der Waals surface area contributed by atoms with Crippen molar-refractivity contribution in [2.45, 2.75) is 65.0 Å². The van der Waals surface area contributed by atoms with Gasteiger partial charge < -0.3 is 5.32 Å². The molecule has 1 atom stereocenters. The molecule has 1 aromatic carbocycles. The zero-order valence-corrected chi connectivity index (χ0v) is 13.7. The highest BCUT2D eigenvalue weighted by Crippen LogP contribution is 2.37. The summed E-state index contributed by atoms with van der Waals surface area (Å²) in [6.45, 7) is 8.49. The van der Waals surface area contributed by atoms with Gasteiger partial charge in [0.2, 0.25) is 0 Å². The molecule has 3 rings (SSSR count). The van der Waals surface area contributed by atoms with E-state index >= 15 is 0 Å². The molecule has 1 N–H and O–H groups in total. The van der Waals surface area contributed by atoms with Crippen molar-refractivity contribution in [3.8, 4) is 0 Å². The van der Waals surface area contributed by atoms with Crippen LogP contribution in [0.25, 0.3) is 0 Å². The Hall–Kier alpha value is -1.02. The molecule has 1 saturated carbocycles. The number of nitrogens with one attached hydrogen (secondary N) is 1. The summed E-state index contributed by atoms with van der Waals surface area (Å²) in [5.41, 5.74) is 3.25. The molecule has 1 aromatic rings. The van der Waals surface area contributed by atoms with E-state index in [2.05, 4.69) is 48.3 Å². The highest BCUT2D eigenvalue weighted by atomic mass is 15.1. The third-order valence-electron chi connectivity index (χ3n) is 5.45. The predicted molar refractivity (Wildman–Crippen MR) is 90.6 cm³/mol. The van der Waals surface area contributed by atoms with Crippen molar-refractivity contribution in [2.24, 2.45) is 5.41 Å². The lowest BCUT2D eigenvalue weighted by molar-refractivity contribution is 0.217. The van der Waals surface area contributed by atoms with Gasteiger partial charge in [0.05, 0.1) is 0 Å². The maximum atomic E-state index is 3.89. The van der Waals surface area contributed by atoms with Crippen LogP contribution in [0.4, 0.5) is 5.69 Å². The molecule has 2 aliphatic rings. The van der Waals surface area contributed by atoms with Crippen LogP contribution in [0.5, 0.6) is 0 Å². The van der Waals surface area contributed by atoms with Crippen molar-refractivity contribution in [1.29, 1.82) is 0 Å². The van der Waals surface area contributed by atoms with Crippen molar-refractivity contribution in [3.63, 3.8) is 0 Å². The van der Waals surface area contributed by atoms with Gasteiger partial charge in [0.15, 0.2) is 0 Å². The van der Waals surface area contributed by atoms with Gasteiger partial charge in [-0.3, -0.25) is 4.90 Å². The summed E-state index contributed by atoms with van der Waals surface area (Å²) in [6, 6.07) is 9.55. The van der Waals surface area contributed by atoms with E-state index in [0.717, 1.165) is 6.54 Å². The third-order valence-corrected chi connectivity index (χ3v) is 5.45. The van der Waals surface area contributed by atoms with Crippen LogP contribution in [0.1, 0.15) is 57.9 Å². The first-order valence-electron chi connectivity index (χ1n) is 8.72. The second kappa shape index (κ2) is 6.39. The van der Waals surface area contributed by atoms with Crippen molar-refractivity contribution in [1.82, 2.24) is 4.90 Å². The van der Waals surface area contributed by atoms with Gasteiger partial charge in [-0.05, 0) is 55.8 Å². The van der Waals surface area contributed by atoms with Gasteiger partial charge in [-0.15, -0.1) is 0 Å². The zero-order chi connectivity index (χ0) is 14.7. The molecule has 0 spiro atoms. The summed E-state index contributed by atoms with van der Waals surface area (Å²) in [6.07, 6.45) is 8.15. The lowest BCUT2D eigenvalue weighted by Gasteiger charge is -2.40. The minimum Gasteiger partial charge on any atom is -0.382 e. The predicted octanol–water partition coefficient (Wildman–Crippen LogP) is 4.66. The Bertz CT molecular complexity index is 460. The molecule has 116 valence electrons. The Morgan fingerprint density at radius 2 is 1.86 bits per heavy atom. The minimum atomic E-state index is 0.416. The number of benzene rings is 1. The topological polar surface area (TPSA) is 15.3 Å². The van der Waals surface area contributed by atoms with Crippen LogP contribution < -0.4 is 5.32 Å². The lowest BCUT2D eigenvalue weighted by atomic mass is 9.73. The van der Waals surface area contributed by atoms with Crippen molar-refractivity contribution in [2.75, 3.05) is 18.4 Å². The smallest absolute Gasteiger partial charge is 0.0388 e. The van der Waals surface area contributed by atoms with Gasteiger partial charge in [0, 0.05) is 18.3 Å². The summed E-state index contributed by atoms with van der Waals surface area (Å²) >= 11 is 0. The molecule has 1 aliphatic carbocycles.